The zero-order valence-corrected chi connectivity index (χ0v) is 15.1. The third-order valence-corrected chi connectivity index (χ3v) is 4.17. The smallest absolute Gasteiger partial charge is 0.426 e. The van der Waals surface area contributed by atoms with Crippen molar-refractivity contribution in [3.05, 3.63) is 0 Å². The van der Waals surface area contributed by atoms with Crippen LogP contribution in [0.25, 0.3) is 0 Å². The molecule has 0 aromatic carbocycles. The second kappa shape index (κ2) is 10.8. The summed E-state index contributed by atoms with van der Waals surface area (Å²) in [6, 6.07) is -1.57. The van der Waals surface area contributed by atoms with E-state index in [1.165, 1.54) is 13.8 Å². The molecule has 0 heterocycles. The lowest BCUT2D eigenvalue weighted by Gasteiger charge is -2.25. The molecule has 0 spiro atoms. The van der Waals surface area contributed by atoms with E-state index >= 15 is 0 Å². The summed E-state index contributed by atoms with van der Waals surface area (Å²) in [5, 5.41) is 27.1. The van der Waals surface area contributed by atoms with Gasteiger partial charge in [-0.05, 0) is 25.7 Å². The predicted molar refractivity (Wildman–Crippen MR) is 93.4 cm³/mol. The molecule has 6 N–H and O–H groups in total. The fourth-order valence-corrected chi connectivity index (χ4v) is 2.86. The normalized spacial score (nSPS) is 16.3. The van der Waals surface area contributed by atoms with Gasteiger partial charge in [-0.15, -0.1) is 0 Å². The fourth-order valence-electron chi connectivity index (χ4n) is 2.86. The SMILES string of the molecule is CC(=O)N[C@H](C(=O)N[C@@H](C)C(=O)NCC(=O)NCB(O)O)C1CCCC1. The average Bonchev–Trinajstić information content (AvgIpc) is 3.09. The van der Waals surface area contributed by atoms with Crippen LogP contribution in [0.5, 0.6) is 0 Å². The van der Waals surface area contributed by atoms with Crippen molar-refractivity contribution in [3.8, 4) is 0 Å². The molecule has 0 aromatic heterocycles. The van der Waals surface area contributed by atoms with Gasteiger partial charge in [0, 0.05) is 6.92 Å². The number of rotatable bonds is 9. The molecular formula is C15H27BN4O6. The molecule has 146 valence electrons. The summed E-state index contributed by atoms with van der Waals surface area (Å²) in [6.07, 6.45) is 3.34. The Kier molecular flexibility index (Phi) is 9.07. The fraction of sp³-hybridized carbons (Fsp3) is 0.733. The highest BCUT2D eigenvalue weighted by Crippen LogP contribution is 2.27. The van der Waals surface area contributed by atoms with Crippen LogP contribution >= 0.6 is 0 Å². The highest BCUT2D eigenvalue weighted by molar-refractivity contribution is 6.41. The molecule has 11 heteroatoms. The first kappa shape index (κ1) is 21.9. The molecule has 10 nitrogen and oxygen atoms in total. The lowest BCUT2D eigenvalue weighted by molar-refractivity contribution is -0.133. The largest absolute Gasteiger partial charge is 0.472 e. The standard InChI is InChI=1S/C15H27BN4O6/c1-9(14(23)17-7-12(22)18-8-16(25)26)19-15(24)13(20-10(2)21)11-5-3-4-6-11/h9,11,13,25-26H,3-8H2,1-2H3,(H,17,23)(H,18,22)(H,19,24)(H,20,21)/t9-,13-/m0/s1. The Labute approximate surface area is 152 Å². The van der Waals surface area contributed by atoms with Crippen LogP contribution in [0.15, 0.2) is 0 Å². The Morgan fingerprint density at radius 2 is 1.65 bits per heavy atom. The molecule has 1 saturated carbocycles. The van der Waals surface area contributed by atoms with Crippen LogP contribution in [0.4, 0.5) is 0 Å². The van der Waals surface area contributed by atoms with Crippen molar-refractivity contribution in [2.24, 2.45) is 5.92 Å². The molecule has 0 bridgehead atoms. The Hall–Kier alpha value is -2.14. The average molecular weight is 370 g/mol. The van der Waals surface area contributed by atoms with Crippen LogP contribution in [-0.2, 0) is 19.2 Å². The summed E-state index contributed by atoms with van der Waals surface area (Å²) < 4.78 is 0. The van der Waals surface area contributed by atoms with E-state index in [2.05, 4.69) is 21.3 Å². The molecule has 1 aliphatic carbocycles. The maximum Gasteiger partial charge on any atom is 0.472 e. The summed E-state index contributed by atoms with van der Waals surface area (Å²) in [7, 11) is -1.67. The summed E-state index contributed by atoms with van der Waals surface area (Å²) in [5.74, 6) is -1.84. The molecular weight excluding hydrogens is 343 g/mol. The maximum atomic E-state index is 12.5. The Balaban J connectivity index is 2.48. The summed E-state index contributed by atoms with van der Waals surface area (Å²) in [4.78, 5) is 47.2. The van der Waals surface area contributed by atoms with Crippen LogP contribution in [-0.4, -0.2) is 65.9 Å². The third kappa shape index (κ3) is 7.83. The minimum atomic E-state index is -1.67. The van der Waals surface area contributed by atoms with Gasteiger partial charge in [0.1, 0.15) is 12.1 Å². The monoisotopic (exact) mass is 370 g/mol. The van der Waals surface area contributed by atoms with Crippen LogP contribution < -0.4 is 21.3 Å². The van der Waals surface area contributed by atoms with Crippen molar-refractivity contribution in [2.45, 2.75) is 51.6 Å². The highest BCUT2D eigenvalue weighted by Gasteiger charge is 2.32. The summed E-state index contributed by atoms with van der Waals surface area (Å²) >= 11 is 0. The summed E-state index contributed by atoms with van der Waals surface area (Å²) in [5.41, 5.74) is 0. The van der Waals surface area contributed by atoms with Crippen LogP contribution in [0.3, 0.4) is 0 Å². The molecule has 1 fully saturated rings. The topological polar surface area (TPSA) is 157 Å². The molecule has 0 radical (unpaired) electrons. The van der Waals surface area contributed by atoms with Crippen LogP contribution in [0.2, 0.25) is 0 Å². The minimum Gasteiger partial charge on any atom is -0.426 e. The van der Waals surface area contributed by atoms with E-state index in [9.17, 15) is 19.2 Å². The predicted octanol–water partition coefficient (Wildman–Crippen LogP) is -2.57. The van der Waals surface area contributed by atoms with Crippen molar-refractivity contribution >= 4 is 30.7 Å². The zero-order valence-electron chi connectivity index (χ0n) is 15.1. The van der Waals surface area contributed by atoms with E-state index in [0.717, 1.165) is 25.7 Å². The van der Waals surface area contributed by atoms with Crippen LogP contribution in [0, 0.1) is 5.92 Å². The lowest BCUT2D eigenvalue weighted by atomic mass is 9.92. The number of carbonyl (C=O) groups is 4. The van der Waals surface area contributed by atoms with Crippen molar-refractivity contribution in [1.82, 2.24) is 21.3 Å². The quantitative estimate of drug-likeness (QED) is 0.245. The number of nitrogens with one attached hydrogen (secondary N) is 4. The first-order valence-electron chi connectivity index (χ1n) is 8.68. The van der Waals surface area contributed by atoms with Gasteiger partial charge < -0.3 is 31.3 Å². The molecule has 0 saturated heterocycles. The van der Waals surface area contributed by atoms with Gasteiger partial charge in [-0.3, -0.25) is 19.2 Å². The number of carbonyl (C=O) groups excluding carboxylic acids is 4. The Morgan fingerprint density at radius 1 is 1.04 bits per heavy atom. The van der Waals surface area contributed by atoms with E-state index in [1.54, 1.807) is 0 Å². The number of hydrogen-bond donors (Lipinski definition) is 6. The molecule has 1 aliphatic rings. The molecule has 0 aliphatic heterocycles. The van der Waals surface area contributed by atoms with E-state index in [-0.39, 0.29) is 24.8 Å². The second-order valence-corrected chi connectivity index (χ2v) is 6.46. The molecule has 4 amide bonds. The van der Waals surface area contributed by atoms with Gasteiger partial charge in [-0.2, -0.15) is 0 Å². The minimum absolute atomic E-state index is 0.0462. The number of amides is 4. The molecule has 26 heavy (non-hydrogen) atoms. The van der Waals surface area contributed by atoms with Crippen molar-refractivity contribution in [1.29, 1.82) is 0 Å². The lowest BCUT2D eigenvalue weighted by Crippen LogP contribution is -2.55. The Morgan fingerprint density at radius 3 is 2.19 bits per heavy atom. The molecule has 2 atom stereocenters. The first-order valence-corrected chi connectivity index (χ1v) is 8.68. The summed E-state index contributed by atoms with van der Waals surface area (Å²) in [6.45, 7) is 2.46. The third-order valence-electron chi connectivity index (χ3n) is 4.17. The maximum absolute atomic E-state index is 12.5. The van der Waals surface area contributed by atoms with E-state index < -0.39 is 36.9 Å². The van der Waals surface area contributed by atoms with Crippen molar-refractivity contribution in [3.63, 3.8) is 0 Å². The van der Waals surface area contributed by atoms with Crippen LogP contribution in [0.1, 0.15) is 39.5 Å². The van der Waals surface area contributed by atoms with E-state index in [4.69, 9.17) is 10.0 Å². The first-order chi connectivity index (χ1) is 12.2. The second-order valence-electron chi connectivity index (χ2n) is 6.46. The van der Waals surface area contributed by atoms with Crippen molar-refractivity contribution in [2.75, 3.05) is 13.0 Å². The highest BCUT2D eigenvalue weighted by atomic mass is 16.4. The van der Waals surface area contributed by atoms with Gasteiger partial charge >= 0.3 is 7.12 Å². The van der Waals surface area contributed by atoms with Gasteiger partial charge in [0.25, 0.3) is 0 Å². The Bertz CT molecular complexity index is 524. The zero-order chi connectivity index (χ0) is 19.7. The van der Waals surface area contributed by atoms with E-state index in [0.29, 0.717) is 0 Å². The van der Waals surface area contributed by atoms with Gasteiger partial charge in [0.15, 0.2) is 0 Å². The van der Waals surface area contributed by atoms with Gasteiger partial charge in [0.05, 0.1) is 13.0 Å². The molecule has 0 aromatic rings. The van der Waals surface area contributed by atoms with Gasteiger partial charge in [0.2, 0.25) is 23.6 Å². The van der Waals surface area contributed by atoms with E-state index in [1.807, 2.05) is 0 Å². The van der Waals surface area contributed by atoms with Gasteiger partial charge in [-0.25, -0.2) is 0 Å². The molecule has 0 unspecified atom stereocenters. The van der Waals surface area contributed by atoms with Gasteiger partial charge in [-0.1, -0.05) is 12.8 Å². The van der Waals surface area contributed by atoms with Crippen molar-refractivity contribution < 1.29 is 29.2 Å². The molecule has 1 rings (SSSR count). The number of hydrogen-bond acceptors (Lipinski definition) is 6.